The largest absolute Gasteiger partial charge is 0.508 e. The number of aliphatic hydroxyl groups excluding tert-OH is 2. The zero-order chi connectivity index (χ0) is 42.6. The number of phenols is 1. The molecule has 3 aromatic carbocycles. The smallest absolute Gasteiger partial charge is 0.251 e. The fourth-order valence-corrected chi connectivity index (χ4v) is 9.03. The number of hydroxylamine groups is 2. The number of aliphatic hydroxyl groups is 2. The highest BCUT2D eigenvalue weighted by Crippen LogP contribution is 2.48. The molecule has 0 bridgehead atoms. The lowest BCUT2D eigenvalue weighted by Crippen LogP contribution is -2.56. The molecule has 1 heterocycles. The maximum atomic E-state index is 14.4. The second-order valence-electron chi connectivity index (χ2n) is 17.8. The van der Waals surface area contributed by atoms with Crippen molar-refractivity contribution in [2.45, 2.75) is 91.3 Å². The van der Waals surface area contributed by atoms with Crippen molar-refractivity contribution >= 4 is 17.5 Å². The van der Waals surface area contributed by atoms with Gasteiger partial charge in [-0.3, -0.25) is 14.4 Å². The monoisotopic (exact) mass is 802 g/mol. The van der Waals surface area contributed by atoms with Gasteiger partial charge in [0.05, 0.1) is 26.4 Å². The zero-order valence-corrected chi connectivity index (χ0v) is 36.3. The number of methoxy groups -OCH3 is 1. The Morgan fingerprint density at radius 3 is 2.33 bits per heavy atom. The minimum absolute atomic E-state index is 0.0490. The Morgan fingerprint density at radius 1 is 1.02 bits per heavy atom. The number of phenolic OH excluding ortho intramolecular Hbond substituents is 1. The topological polar surface area (TPSA) is 147 Å². The summed E-state index contributed by atoms with van der Waals surface area (Å²) in [6.45, 7) is 13.3. The SMILES string of the molecule is COc1c(CN2O[C@@H](CO)[C@@H]([C@H](C)O)[C@H]2C(=O)N[C@H]2C[C@@H](C)C(C)(C)[C@@H](C)[C@@H]2C)cccc1-c1cc(C(=O)NC(Cc2ccccc2O)CN(C)C)cc(N(C)C)c1. The molecule has 318 valence electrons. The molecule has 1 unspecified atom stereocenters. The second-order valence-corrected chi connectivity index (χ2v) is 17.8. The van der Waals surface area contributed by atoms with Gasteiger partial charge in [-0.05, 0) is 92.4 Å². The number of para-hydroxylation sites is 2. The lowest BCUT2D eigenvalue weighted by Gasteiger charge is -2.50. The van der Waals surface area contributed by atoms with Crippen molar-refractivity contribution in [1.29, 1.82) is 0 Å². The Labute approximate surface area is 345 Å². The number of benzene rings is 3. The first kappa shape index (κ1) is 44.9. The standard InChI is InChI=1S/C46H67N5O7/c1-27-19-38(28(2)29(3)46(27,5)6)48-45(56)42-41(30(4)53)40(26-52)58-51(42)24-32-16-14-17-37(43(32)57-11)33-20-34(23-36(22-33)50(9)10)44(55)47-35(25-49(7)8)21-31-15-12-13-18-39(31)54/h12-18,20,22-23,27-30,35,38,40-42,52-54H,19,21,24-26H2,1-11H3,(H,47,55)(H,48,56)/t27-,28+,29+,30+,35?,38+,40+,41-,42+/m1/s1. The summed E-state index contributed by atoms with van der Waals surface area (Å²) in [6, 6.07) is 17.4. The molecule has 58 heavy (non-hydrogen) atoms. The number of hydrogen-bond acceptors (Lipinski definition) is 10. The minimum atomic E-state index is -0.930. The first-order valence-corrected chi connectivity index (χ1v) is 20.6. The van der Waals surface area contributed by atoms with Crippen LogP contribution in [0.5, 0.6) is 11.5 Å². The molecule has 5 N–H and O–H groups in total. The molecule has 0 spiro atoms. The summed E-state index contributed by atoms with van der Waals surface area (Å²) in [4.78, 5) is 38.7. The molecular formula is C46H67N5O7. The van der Waals surface area contributed by atoms with Crippen LogP contribution in [0.25, 0.3) is 11.1 Å². The summed E-state index contributed by atoms with van der Waals surface area (Å²) in [5.74, 6) is 0.582. The molecular weight excluding hydrogens is 735 g/mol. The molecule has 1 aliphatic carbocycles. The Morgan fingerprint density at radius 2 is 1.71 bits per heavy atom. The highest BCUT2D eigenvalue weighted by atomic mass is 16.7. The van der Waals surface area contributed by atoms with Crippen LogP contribution in [0.2, 0.25) is 0 Å². The molecule has 12 nitrogen and oxygen atoms in total. The summed E-state index contributed by atoms with van der Waals surface area (Å²) in [5.41, 5.74) is 4.38. The van der Waals surface area contributed by atoms with Crippen molar-refractivity contribution in [2.75, 3.05) is 53.4 Å². The predicted octanol–water partition coefficient (Wildman–Crippen LogP) is 5.33. The van der Waals surface area contributed by atoms with Crippen LogP contribution in [0.1, 0.15) is 69.4 Å². The number of hydrogen-bond donors (Lipinski definition) is 5. The number of likely N-dealkylation sites (N-methyl/N-ethyl adjacent to an activating group) is 1. The first-order chi connectivity index (χ1) is 27.4. The van der Waals surface area contributed by atoms with Crippen LogP contribution in [-0.2, 0) is 22.6 Å². The number of ether oxygens (including phenoxy) is 1. The average Bonchev–Trinajstić information content (AvgIpc) is 3.55. The highest BCUT2D eigenvalue weighted by molar-refractivity contribution is 5.97. The normalized spacial score (nSPS) is 25.6. The van der Waals surface area contributed by atoms with Crippen LogP contribution < -0.4 is 20.3 Å². The fourth-order valence-electron chi connectivity index (χ4n) is 9.03. The molecule has 12 heteroatoms. The molecule has 5 rings (SSSR count). The fraction of sp³-hybridized carbons (Fsp3) is 0.565. The van der Waals surface area contributed by atoms with E-state index in [1.165, 1.54) is 0 Å². The van der Waals surface area contributed by atoms with Gasteiger partial charge in [0.2, 0.25) is 5.91 Å². The van der Waals surface area contributed by atoms with Crippen molar-refractivity contribution in [2.24, 2.45) is 29.1 Å². The molecule has 0 radical (unpaired) electrons. The Balaban J connectivity index is 1.46. The summed E-state index contributed by atoms with van der Waals surface area (Å²) < 4.78 is 6.10. The van der Waals surface area contributed by atoms with E-state index in [9.17, 15) is 24.9 Å². The van der Waals surface area contributed by atoms with Gasteiger partial charge < -0.3 is 40.5 Å². The highest BCUT2D eigenvalue weighted by Gasteiger charge is 2.51. The minimum Gasteiger partial charge on any atom is -0.508 e. The number of rotatable bonds is 15. The van der Waals surface area contributed by atoms with E-state index in [0.717, 1.165) is 34.4 Å². The predicted molar refractivity (Wildman–Crippen MR) is 229 cm³/mol. The molecule has 9 atom stereocenters. The van der Waals surface area contributed by atoms with Crippen molar-refractivity contribution in [3.05, 3.63) is 77.4 Å². The van der Waals surface area contributed by atoms with Crippen molar-refractivity contribution in [3.63, 3.8) is 0 Å². The van der Waals surface area contributed by atoms with Gasteiger partial charge in [-0.25, -0.2) is 0 Å². The molecule has 2 amide bonds. The number of nitrogens with zero attached hydrogens (tertiary/aromatic N) is 3. The van der Waals surface area contributed by atoms with Gasteiger partial charge in [0, 0.05) is 61.0 Å². The van der Waals surface area contributed by atoms with Gasteiger partial charge in [0.1, 0.15) is 23.6 Å². The first-order valence-electron chi connectivity index (χ1n) is 20.6. The zero-order valence-electron chi connectivity index (χ0n) is 36.3. The van der Waals surface area contributed by atoms with Crippen molar-refractivity contribution in [3.8, 4) is 22.6 Å². The van der Waals surface area contributed by atoms with E-state index in [1.54, 1.807) is 31.2 Å². The maximum absolute atomic E-state index is 14.4. The summed E-state index contributed by atoms with van der Waals surface area (Å²) in [6.07, 6.45) is -0.422. The molecule has 1 saturated carbocycles. The molecule has 1 aliphatic heterocycles. The lowest BCUT2D eigenvalue weighted by atomic mass is 9.58. The number of anilines is 1. The van der Waals surface area contributed by atoms with Gasteiger partial charge in [-0.15, -0.1) is 0 Å². The molecule has 3 aromatic rings. The van der Waals surface area contributed by atoms with E-state index in [1.807, 2.05) is 86.5 Å². The van der Waals surface area contributed by atoms with Crippen molar-refractivity contribution in [1.82, 2.24) is 20.6 Å². The van der Waals surface area contributed by atoms with Gasteiger partial charge in [0.25, 0.3) is 5.91 Å². The number of amides is 2. The van der Waals surface area contributed by atoms with Gasteiger partial charge in [0.15, 0.2) is 0 Å². The third-order valence-corrected chi connectivity index (χ3v) is 13.2. The Hall–Kier alpha value is -4.20. The van der Waals surface area contributed by atoms with E-state index in [0.29, 0.717) is 36.1 Å². The van der Waals surface area contributed by atoms with E-state index < -0.39 is 24.2 Å². The summed E-state index contributed by atoms with van der Waals surface area (Å²) in [7, 11) is 9.33. The maximum Gasteiger partial charge on any atom is 0.251 e. The van der Waals surface area contributed by atoms with Crippen LogP contribution in [0, 0.1) is 29.1 Å². The van der Waals surface area contributed by atoms with Gasteiger partial charge in [-0.1, -0.05) is 71.0 Å². The third kappa shape index (κ3) is 9.80. The number of carbonyl (C=O) groups excluding carboxylic acids is 2. The Bertz CT molecular complexity index is 1880. The van der Waals surface area contributed by atoms with Crippen LogP contribution in [0.4, 0.5) is 5.69 Å². The van der Waals surface area contributed by atoms with Gasteiger partial charge >= 0.3 is 0 Å². The van der Waals surface area contributed by atoms with Gasteiger partial charge in [-0.2, -0.15) is 5.06 Å². The van der Waals surface area contributed by atoms with Crippen LogP contribution in [0.3, 0.4) is 0 Å². The summed E-state index contributed by atoms with van der Waals surface area (Å²) in [5, 5.41) is 40.1. The van der Waals surface area contributed by atoms with E-state index in [4.69, 9.17) is 9.57 Å². The number of carbonyl (C=O) groups is 2. The number of nitrogens with one attached hydrogen (secondary N) is 2. The van der Waals surface area contributed by atoms with E-state index >= 15 is 0 Å². The lowest BCUT2D eigenvalue weighted by molar-refractivity contribution is -0.182. The molecule has 2 aliphatic rings. The van der Waals surface area contributed by atoms with Crippen LogP contribution in [0.15, 0.2) is 60.7 Å². The second kappa shape index (κ2) is 18.8. The third-order valence-electron chi connectivity index (χ3n) is 13.2. The Kier molecular flexibility index (Phi) is 14.6. The quantitative estimate of drug-likeness (QED) is 0.137. The van der Waals surface area contributed by atoms with E-state index in [2.05, 4.69) is 45.3 Å². The van der Waals surface area contributed by atoms with E-state index in [-0.39, 0.29) is 54.1 Å². The number of aromatic hydroxyl groups is 1. The van der Waals surface area contributed by atoms with Crippen molar-refractivity contribution < 1.29 is 34.5 Å². The summed E-state index contributed by atoms with van der Waals surface area (Å²) >= 11 is 0. The van der Waals surface area contributed by atoms with Crippen LogP contribution >= 0.6 is 0 Å². The van der Waals surface area contributed by atoms with Crippen LogP contribution in [-0.4, -0.2) is 116 Å². The molecule has 0 aromatic heterocycles. The molecule has 2 fully saturated rings. The average molecular weight is 802 g/mol. The molecule has 1 saturated heterocycles.